The van der Waals surface area contributed by atoms with Gasteiger partial charge in [-0.25, -0.2) is 9.78 Å². The summed E-state index contributed by atoms with van der Waals surface area (Å²) in [7, 11) is 4.37. The van der Waals surface area contributed by atoms with E-state index >= 15 is 0 Å². The van der Waals surface area contributed by atoms with Gasteiger partial charge in [0.1, 0.15) is 5.56 Å². The Labute approximate surface area is 274 Å². The highest BCUT2D eigenvalue weighted by atomic mass is 35.5. The van der Waals surface area contributed by atoms with Crippen LogP contribution in [0.1, 0.15) is 40.4 Å². The fourth-order valence-corrected chi connectivity index (χ4v) is 6.75. The van der Waals surface area contributed by atoms with Gasteiger partial charge in [-0.1, -0.05) is 53.5 Å². The van der Waals surface area contributed by atoms with E-state index in [9.17, 15) is 19.2 Å². The number of nitrogens with one attached hydrogen (secondary N) is 3. The van der Waals surface area contributed by atoms with Crippen LogP contribution in [-0.4, -0.2) is 46.1 Å². The minimum atomic E-state index is -0.717. The summed E-state index contributed by atoms with van der Waals surface area (Å²) in [6.45, 7) is 1.41. The summed E-state index contributed by atoms with van der Waals surface area (Å²) in [4.78, 5) is 54.2. The van der Waals surface area contributed by atoms with E-state index in [1.165, 1.54) is 20.3 Å². The van der Waals surface area contributed by atoms with E-state index in [2.05, 4.69) is 16.0 Å². The van der Waals surface area contributed by atoms with Crippen molar-refractivity contribution in [2.45, 2.75) is 25.3 Å². The number of aromatic nitrogens is 3. The van der Waals surface area contributed by atoms with Crippen molar-refractivity contribution in [1.82, 2.24) is 24.8 Å². The second-order valence-corrected chi connectivity index (χ2v) is 12.3. The highest BCUT2D eigenvalue weighted by Crippen LogP contribution is 2.44. The molecule has 3 heterocycles. The Kier molecular flexibility index (Phi) is 8.73. The molecule has 0 saturated carbocycles. The van der Waals surface area contributed by atoms with Gasteiger partial charge in [0.25, 0.3) is 11.5 Å². The van der Waals surface area contributed by atoms with Crippen molar-refractivity contribution in [3.8, 4) is 28.3 Å². The van der Waals surface area contributed by atoms with E-state index < -0.39 is 17.2 Å². The summed E-state index contributed by atoms with van der Waals surface area (Å²) < 4.78 is 7.80. The maximum Gasteiger partial charge on any atom is 0.330 e. The Morgan fingerprint density at radius 3 is 2.50 bits per heavy atom. The number of rotatable bonds is 8. The normalized spacial score (nSPS) is 17.1. The topological polar surface area (TPSA) is 136 Å². The van der Waals surface area contributed by atoms with Crippen molar-refractivity contribution >= 4 is 40.7 Å². The number of carbonyl (C=O) groups excluding carboxylic acids is 2. The smallest absolute Gasteiger partial charge is 0.330 e. The fourth-order valence-electron chi connectivity index (χ4n) is 6.15. The number of hydrogen-bond donors (Lipinski definition) is 3. The number of benzene rings is 2. The summed E-state index contributed by atoms with van der Waals surface area (Å²) in [5.41, 5.74) is 3.48. The first-order valence-electron chi connectivity index (χ1n) is 14.8. The average Bonchev–Trinajstić information content (AvgIpc) is 3.66. The first-order chi connectivity index (χ1) is 22.1. The Balaban J connectivity index is 1.29. The molecule has 46 heavy (non-hydrogen) atoms. The number of anilines is 1. The predicted octanol–water partition coefficient (Wildman–Crippen LogP) is 4.09. The fraction of sp³-hybridized carbons (Fsp3) is 0.303. The molecule has 6 rings (SSSR count). The molecule has 1 fully saturated rings. The Bertz CT molecular complexity index is 2010. The molecule has 2 aromatic carbocycles. The summed E-state index contributed by atoms with van der Waals surface area (Å²) in [5, 5.41) is 9.83. The van der Waals surface area contributed by atoms with Gasteiger partial charge in [-0.05, 0) is 36.5 Å². The molecule has 2 aliphatic rings. The van der Waals surface area contributed by atoms with Crippen molar-refractivity contribution in [2.75, 3.05) is 25.5 Å². The molecule has 2 atom stereocenters. The molecule has 1 unspecified atom stereocenters. The van der Waals surface area contributed by atoms with E-state index in [1.807, 2.05) is 24.3 Å². The lowest BCUT2D eigenvalue weighted by molar-refractivity contribution is -0.119. The molecular formula is C33H32Cl2N6O5. The SMILES string of the molecule is COc1nc(-c2cccc(-c3cccc(NC(=O)c4cn(C)c(=O)n(C)c4=O)c3Cl)c2Cl)cc2c1C(NC[C@@H]1CNC(=O)C1)CC2. The molecule has 2 amide bonds. The highest BCUT2D eigenvalue weighted by Gasteiger charge is 2.30. The molecule has 0 radical (unpaired) electrons. The molecule has 3 N–H and O–H groups in total. The summed E-state index contributed by atoms with van der Waals surface area (Å²) in [5.74, 6) is 0.172. The second-order valence-electron chi connectivity index (χ2n) is 11.6. The number of fused-ring (bicyclic) bond motifs is 1. The number of carbonyl (C=O) groups is 2. The van der Waals surface area contributed by atoms with Crippen LogP contribution in [0.15, 0.2) is 58.3 Å². The van der Waals surface area contributed by atoms with Crippen molar-refractivity contribution in [2.24, 2.45) is 20.0 Å². The van der Waals surface area contributed by atoms with Crippen molar-refractivity contribution in [3.05, 3.63) is 96.2 Å². The number of ether oxygens (including phenoxy) is 1. The van der Waals surface area contributed by atoms with Gasteiger partial charge in [-0.3, -0.25) is 19.0 Å². The number of methoxy groups -OCH3 is 1. The molecule has 1 aliphatic carbocycles. The molecule has 1 aliphatic heterocycles. The minimum absolute atomic E-state index is 0.0710. The van der Waals surface area contributed by atoms with Crippen LogP contribution in [0.5, 0.6) is 5.88 Å². The predicted molar refractivity (Wildman–Crippen MR) is 177 cm³/mol. The standard InChI is InChI=1S/C33H32Cl2N6O5/c1-40-16-22(32(44)41(2)33(40)45)30(43)38-24-9-5-7-20(29(24)35)19-6-4-8-21(28(19)34)25-13-18-10-11-23(27(18)31(39-25)46-3)36-14-17-12-26(42)37-15-17/h4-9,13,16-17,23,36H,10-12,14-15H2,1-3H3,(H,37,42)(H,38,43)/t17-,23?/m1/s1. The average molecular weight is 664 g/mol. The maximum absolute atomic E-state index is 13.1. The first kappa shape index (κ1) is 31.5. The number of nitrogens with zero attached hydrogens (tertiary/aromatic N) is 3. The molecule has 11 nitrogen and oxygen atoms in total. The Morgan fingerprint density at radius 1 is 1.07 bits per heavy atom. The van der Waals surface area contributed by atoms with Crippen LogP contribution in [0.3, 0.4) is 0 Å². The van der Waals surface area contributed by atoms with Crippen LogP contribution in [0, 0.1) is 5.92 Å². The first-order valence-corrected chi connectivity index (χ1v) is 15.6. The van der Waals surface area contributed by atoms with Crippen LogP contribution in [0.4, 0.5) is 5.69 Å². The molecule has 1 saturated heterocycles. The van der Waals surface area contributed by atoms with E-state index in [4.69, 9.17) is 32.9 Å². The van der Waals surface area contributed by atoms with E-state index in [0.29, 0.717) is 46.3 Å². The van der Waals surface area contributed by atoms with E-state index in [-0.39, 0.29) is 34.1 Å². The zero-order valence-electron chi connectivity index (χ0n) is 25.4. The maximum atomic E-state index is 13.1. The lowest BCUT2D eigenvalue weighted by atomic mass is 9.99. The van der Waals surface area contributed by atoms with Gasteiger partial charge < -0.3 is 25.3 Å². The third kappa shape index (κ3) is 5.81. The Hall–Kier alpha value is -4.45. The van der Waals surface area contributed by atoms with Crippen molar-refractivity contribution < 1.29 is 14.3 Å². The lowest BCUT2D eigenvalue weighted by Gasteiger charge is -2.19. The third-order valence-corrected chi connectivity index (χ3v) is 9.39. The highest BCUT2D eigenvalue weighted by molar-refractivity contribution is 6.39. The quantitative estimate of drug-likeness (QED) is 0.259. The number of amides is 2. The molecule has 0 bridgehead atoms. The molecule has 13 heteroatoms. The zero-order chi connectivity index (χ0) is 32.7. The van der Waals surface area contributed by atoms with Gasteiger partial charge in [0.05, 0.1) is 28.5 Å². The molecular weight excluding hydrogens is 631 g/mol. The monoisotopic (exact) mass is 662 g/mol. The summed E-state index contributed by atoms with van der Waals surface area (Å²) in [6.07, 6.45) is 3.45. The van der Waals surface area contributed by atoms with E-state index in [1.54, 1.807) is 25.3 Å². The molecule has 238 valence electrons. The zero-order valence-corrected chi connectivity index (χ0v) is 27.0. The van der Waals surface area contributed by atoms with Gasteiger partial charge in [0, 0.05) is 68.1 Å². The Morgan fingerprint density at radius 2 is 1.78 bits per heavy atom. The number of hydrogen-bond acceptors (Lipinski definition) is 7. The van der Waals surface area contributed by atoms with Gasteiger partial charge in [0.2, 0.25) is 11.8 Å². The lowest BCUT2D eigenvalue weighted by Crippen LogP contribution is -2.40. The number of halogens is 2. The van der Waals surface area contributed by atoms with Gasteiger partial charge in [0.15, 0.2) is 0 Å². The van der Waals surface area contributed by atoms with Gasteiger partial charge >= 0.3 is 5.69 Å². The van der Waals surface area contributed by atoms with Crippen molar-refractivity contribution in [1.29, 1.82) is 0 Å². The number of pyridine rings is 1. The van der Waals surface area contributed by atoms with Crippen molar-refractivity contribution in [3.63, 3.8) is 0 Å². The number of aryl methyl sites for hydroxylation is 2. The molecule has 4 aromatic rings. The molecule has 2 aromatic heterocycles. The van der Waals surface area contributed by atoms with Crippen LogP contribution >= 0.6 is 23.2 Å². The van der Waals surface area contributed by atoms with E-state index in [0.717, 1.165) is 39.6 Å². The van der Waals surface area contributed by atoms with Crippen LogP contribution < -0.4 is 31.9 Å². The summed E-state index contributed by atoms with van der Waals surface area (Å²) in [6, 6.07) is 12.8. The second kappa shape index (κ2) is 12.7. The van der Waals surface area contributed by atoms with Crippen LogP contribution in [0.2, 0.25) is 10.0 Å². The largest absolute Gasteiger partial charge is 0.481 e. The third-order valence-electron chi connectivity index (χ3n) is 8.57. The van der Waals surface area contributed by atoms with Gasteiger partial charge in [-0.15, -0.1) is 0 Å². The van der Waals surface area contributed by atoms with Crippen LogP contribution in [0.25, 0.3) is 22.4 Å². The summed E-state index contributed by atoms with van der Waals surface area (Å²) >= 11 is 13.9. The van der Waals surface area contributed by atoms with Gasteiger partial charge in [-0.2, -0.15) is 0 Å². The molecule has 0 spiro atoms. The minimum Gasteiger partial charge on any atom is -0.481 e. The van der Waals surface area contributed by atoms with Crippen LogP contribution in [-0.2, 0) is 25.3 Å².